The van der Waals surface area contributed by atoms with E-state index in [0.717, 1.165) is 27.8 Å². The highest BCUT2D eigenvalue weighted by molar-refractivity contribution is 7.22. The highest BCUT2D eigenvalue weighted by Gasteiger charge is 2.02. The zero-order valence-corrected chi connectivity index (χ0v) is 14.5. The molecule has 0 fully saturated rings. The number of nitrogens with one attached hydrogen (secondary N) is 1. The largest absolute Gasteiger partial charge is 0.445 e. The highest BCUT2D eigenvalue weighted by Crippen LogP contribution is 2.24. The maximum Gasteiger partial charge on any atom is 0.407 e. The van der Waals surface area contributed by atoms with Gasteiger partial charge in [-0.2, -0.15) is 0 Å². The van der Waals surface area contributed by atoms with Gasteiger partial charge in [0.25, 0.3) is 0 Å². The fourth-order valence-corrected chi connectivity index (χ4v) is 3.10. The monoisotopic (exact) mass is 353 g/mol. The number of nitrogens with two attached hydrogens (primary N) is 1. The zero-order chi connectivity index (χ0) is 17.5. The summed E-state index contributed by atoms with van der Waals surface area (Å²) in [6, 6.07) is 15.6. The molecule has 0 saturated carbocycles. The smallest absolute Gasteiger partial charge is 0.407 e. The Morgan fingerprint density at radius 2 is 2.08 bits per heavy atom. The summed E-state index contributed by atoms with van der Waals surface area (Å²) < 4.78 is 6.22. The summed E-state index contributed by atoms with van der Waals surface area (Å²) in [6.07, 6.45) is 4.36. The number of alkyl carbamates (subject to hydrolysis) is 1. The molecule has 3 aromatic rings. The van der Waals surface area contributed by atoms with Gasteiger partial charge >= 0.3 is 6.09 Å². The molecule has 6 heteroatoms. The molecular formula is C19H19N3O2S. The van der Waals surface area contributed by atoms with Crippen molar-refractivity contribution in [3.8, 4) is 0 Å². The van der Waals surface area contributed by atoms with Crippen molar-refractivity contribution >= 4 is 38.9 Å². The minimum absolute atomic E-state index is 0.278. The van der Waals surface area contributed by atoms with Gasteiger partial charge in [-0.15, -0.1) is 0 Å². The molecule has 5 nitrogen and oxygen atoms in total. The molecule has 0 aliphatic rings. The Hall–Kier alpha value is -2.86. The minimum Gasteiger partial charge on any atom is -0.445 e. The van der Waals surface area contributed by atoms with Gasteiger partial charge in [-0.25, -0.2) is 9.78 Å². The van der Waals surface area contributed by atoms with Gasteiger partial charge in [0.2, 0.25) is 0 Å². The standard InChI is InChI=1S/C19H19N3O2S/c20-18-22-16-10-9-14(12-17(16)25-18)6-4-5-11-21-19(23)24-13-15-7-2-1-3-8-15/h1-4,6-10,12H,5,11,13H2,(H2,20,22)(H,21,23). The maximum absolute atomic E-state index is 11.6. The van der Waals surface area contributed by atoms with Gasteiger partial charge in [-0.1, -0.05) is 59.9 Å². The number of hydrogen-bond donors (Lipinski definition) is 2. The number of ether oxygens (including phenoxy) is 1. The number of benzene rings is 2. The Labute approximate surface area is 150 Å². The van der Waals surface area contributed by atoms with Crippen LogP contribution in [0.3, 0.4) is 0 Å². The highest BCUT2D eigenvalue weighted by atomic mass is 32.1. The average molecular weight is 353 g/mol. The third-order valence-electron chi connectivity index (χ3n) is 3.53. The van der Waals surface area contributed by atoms with Gasteiger partial charge in [0.05, 0.1) is 10.2 Å². The Morgan fingerprint density at radius 3 is 2.92 bits per heavy atom. The summed E-state index contributed by atoms with van der Waals surface area (Å²) in [5.41, 5.74) is 8.68. The van der Waals surface area contributed by atoms with Crippen molar-refractivity contribution in [2.45, 2.75) is 13.0 Å². The van der Waals surface area contributed by atoms with Crippen molar-refractivity contribution in [2.24, 2.45) is 0 Å². The predicted molar refractivity (Wildman–Crippen MR) is 102 cm³/mol. The van der Waals surface area contributed by atoms with Crippen molar-refractivity contribution < 1.29 is 9.53 Å². The quantitative estimate of drug-likeness (QED) is 0.651. The first-order chi connectivity index (χ1) is 12.2. The van der Waals surface area contributed by atoms with Crippen LogP contribution in [0.2, 0.25) is 0 Å². The lowest BCUT2D eigenvalue weighted by molar-refractivity contribution is 0.140. The molecular weight excluding hydrogens is 334 g/mol. The molecule has 25 heavy (non-hydrogen) atoms. The van der Waals surface area contributed by atoms with Crippen LogP contribution in [0.1, 0.15) is 17.5 Å². The number of thiazole rings is 1. The van der Waals surface area contributed by atoms with Gasteiger partial charge < -0.3 is 15.8 Å². The normalized spacial score (nSPS) is 11.0. The van der Waals surface area contributed by atoms with Crippen molar-refractivity contribution in [3.63, 3.8) is 0 Å². The number of nitrogen functional groups attached to an aromatic ring is 1. The van der Waals surface area contributed by atoms with E-state index in [4.69, 9.17) is 10.5 Å². The molecule has 0 spiro atoms. The van der Waals surface area contributed by atoms with E-state index in [1.165, 1.54) is 11.3 Å². The Morgan fingerprint density at radius 1 is 1.24 bits per heavy atom. The molecule has 0 aliphatic heterocycles. The molecule has 0 atom stereocenters. The van der Waals surface area contributed by atoms with E-state index in [-0.39, 0.29) is 6.61 Å². The molecule has 1 heterocycles. The van der Waals surface area contributed by atoms with Crippen LogP contribution in [0, 0.1) is 0 Å². The first-order valence-electron chi connectivity index (χ1n) is 7.98. The van der Waals surface area contributed by atoms with Gasteiger partial charge in [-0.05, 0) is 29.7 Å². The van der Waals surface area contributed by atoms with E-state index < -0.39 is 6.09 Å². The summed E-state index contributed by atoms with van der Waals surface area (Å²) in [5.74, 6) is 0. The van der Waals surface area contributed by atoms with Gasteiger partial charge in [0.15, 0.2) is 5.13 Å². The Bertz CT molecular complexity index is 875. The molecule has 3 N–H and O–H groups in total. The number of amides is 1. The Balaban J connectivity index is 1.39. The number of aromatic nitrogens is 1. The second-order valence-corrected chi connectivity index (χ2v) is 6.52. The number of nitrogens with zero attached hydrogens (tertiary/aromatic N) is 1. The van der Waals surface area contributed by atoms with E-state index in [9.17, 15) is 4.79 Å². The summed E-state index contributed by atoms with van der Waals surface area (Å²) >= 11 is 1.48. The van der Waals surface area contributed by atoms with E-state index in [2.05, 4.69) is 16.4 Å². The molecule has 128 valence electrons. The molecule has 0 aliphatic carbocycles. The fraction of sp³-hybridized carbons (Fsp3) is 0.158. The van der Waals surface area contributed by atoms with E-state index in [0.29, 0.717) is 11.7 Å². The lowest BCUT2D eigenvalue weighted by Crippen LogP contribution is -2.24. The van der Waals surface area contributed by atoms with Crippen LogP contribution in [0.5, 0.6) is 0 Å². The Kier molecular flexibility index (Phi) is 5.64. The van der Waals surface area contributed by atoms with Crippen molar-refractivity contribution in [1.82, 2.24) is 10.3 Å². The lowest BCUT2D eigenvalue weighted by Gasteiger charge is -2.05. The third kappa shape index (κ3) is 5.06. The van der Waals surface area contributed by atoms with Crippen molar-refractivity contribution in [2.75, 3.05) is 12.3 Å². The van der Waals surface area contributed by atoms with Crippen LogP contribution in [0.25, 0.3) is 16.3 Å². The summed E-state index contributed by atoms with van der Waals surface area (Å²) in [7, 11) is 0. The van der Waals surface area contributed by atoms with E-state index in [1.807, 2.05) is 54.6 Å². The number of carbonyl (C=O) groups is 1. The second-order valence-electron chi connectivity index (χ2n) is 5.46. The summed E-state index contributed by atoms with van der Waals surface area (Å²) in [4.78, 5) is 15.9. The van der Waals surface area contributed by atoms with Crippen LogP contribution in [-0.2, 0) is 11.3 Å². The molecule has 0 radical (unpaired) electrons. The van der Waals surface area contributed by atoms with Crippen molar-refractivity contribution in [3.05, 3.63) is 65.7 Å². The molecule has 0 bridgehead atoms. The summed E-state index contributed by atoms with van der Waals surface area (Å²) in [5, 5.41) is 3.31. The van der Waals surface area contributed by atoms with Crippen LogP contribution in [-0.4, -0.2) is 17.6 Å². The molecule has 2 aromatic carbocycles. The van der Waals surface area contributed by atoms with Crippen LogP contribution in [0.15, 0.2) is 54.6 Å². The SMILES string of the molecule is Nc1nc2ccc(C=CCCNC(=O)OCc3ccccc3)cc2s1. The fourth-order valence-electron chi connectivity index (χ4n) is 2.31. The molecule has 0 saturated heterocycles. The van der Waals surface area contributed by atoms with Crippen LogP contribution < -0.4 is 11.1 Å². The minimum atomic E-state index is -0.404. The van der Waals surface area contributed by atoms with Crippen molar-refractivity contribution in [1.29, 1.82) is 0 Å². The van der Waals surface area contributed by atoms with E-state index in [1.54, 1.807) is 0 Å². The molecule has 1 aromatic heterocycles. The molecule has 0 unspecified atom stereocenters. The number of hydrogen-bond acceptors (Lipinski definition) is 5. The van der Waals surface area contributed by atoms with Crippen LogP contribution >= 0.6 is 11.3 Å². The first kappa shape index (κ1) is 17.0. The van der Waals surface area contributed by atoms with E-state index >= 15 is 0 Å². The predicted octanol–water partition coefficient (Wildman–Crippen LogP) is 4.21. The van der Waals surface area contributed by atoms with Gasteiger partial charge in [0.1, 0.15) is 6.61 Å². The number of rotatable bonds is 6. The molecule has 1 amide bonds. The second kappa shape index (κ2) is 8.30. The number of anilines is 1. The topological polar surface area (TPSA) is 77.2 Å². The van der Waals surface area contributed by atoms with Gasteiger partial charge in [-0.3, -0.25) is 0 Å². The summed E-state index contributed by atoms with van der Waals surface area (Å²) in [6.45, 7) is 0.806. The third-order valence-corrected chi connectivity index (χ3v) is 4.38. The molecule has 3 rings (SSSR count). The number of fused-ring (bicyclic) bond motifs is 1. The average Bonchev–Trinajstić information content (AvgIpc) is 3.00. The lowest BCUT2D eigenvalue weighted by atomic mass is 10.2. The number of carbonyl (C=O) groups excluding carboxylic acids is 1. The van der Waals surface area contributed by atoms with Gasteiger partial charge in [0, 0.05) is 6.54 Å². The zero-order valence-electron chi connectivity index (χ0n) is 13.6. The maximum atomic E-state index is 11.6. The first-order valence-corrected chi connectivity index (χ1v) is 8.79. The van der Waals surface area contributed by atoms with Crippen LogP contribution in [0.4, 0.5) is 9.93 Å².